The summed E-state index contributed by atoms with van der Waals surface area (Å²) >= 11 is 1.46. The number of aromatic amines is 1. The Morgan fingerprint density at radius 3 is 2.37 bits per heavy atom. The molecule has 1 atom stereocenters. The fourth-order valence-electron chi connectivity index (χ4n) is 4.66. The van der Waals surface area contributed by atoms with Crippen LogP contribution in [0.3, 0.4) is 0 Å². The molecule has 192 valence electrons. The van der Waals surface area contributed by atoms with E-state index in [1.165, 1.54) is 11.3 Å². The van der Waals surface area contributed by atoms with Crippen LogP contribution in [0.4, 0.5) is 11.4 Å². The molecule has 0 radical (unpaired) electrons. The van der Waals surface area contributed by atoms with E-state index < -0.39 is 0 Å². The van der Waals surface area contributed by atoms with Crippen molar-refractivity contribution < 1.29 is 9.59 Å². The van der Waals surface area contributed by atoms with Crippen molar-refractivity contribution in [3.63, 3.8) is 0 Å². The summed E-state index contributed by atoms with van der Waals surface area (Å²) in [7, 11) is 0. The highest BCUT2D eigenvalue weighted by molar-refractivity contribution is 7.17. The van der Waals surface area contributed by atoms with Crippen LogP contribution in [0.25, 0.3) is 21.3 Å². The SMILES string of the molecule is CCc1[nH]c2ccc(NC(=O)C(CCN)c3ccccc3)cc2c1NC(=O)c1ccc(-c2ccccc2)s1. The van der Waals surface area contributed by atoms with Gasteiger partial charge < -0.3 is 21.4 Å². The van der Waals surface area contributed by atoms with Crippen LogP contribution in [0.2, 0.25) is 0 Å². The summed E-state index contributed by atoms with van der Waals surface area (Å²) < 4.78 is 0. The third-order valence-electron chi connectivity index (χ3n) is 6.60. The lowest BCUT2D eigenvalue weighted by molar-refractivity contribution is -0.117. The maximum Gasteiger partial charge on any atom is 0.265 e. The van der Waals surface area contributed by atoms with Gasteiger partial charge in [0.25, 0.3) is 5.91 Å². The van der Waals surface area contributed by atoms with Crippen molar-refractivity contribution in [2.24, 2.45) is 5.73 Å². The van der Waals surface area contributed by atoms with E-state index in [0.29, 0.717) is 23.5 Å². The molecule has 2 amide bonds. The number of nitrogens with two attached hydrogens (primary N) is 1. The molecule has 3 aromatic carbocycles. The highest BCUT2D eigenvalue weighted by Crippen LogP contribution is 2.33. The first-order chi connectivity index (χ1) is 18.6. The van der Waals surface area contributed by atoms with Crippen molar-refractivity contribution >= 4 is 45.4 Å². The van der Waals surface area contributed by atoms with E-state index in [-0.39, 0.29) is 17.7 Å². The monoisotopic (exact) mass is 522 g/mol. The van der Waals surface area contributed by atoms with Gasteiger partial charge in [-0.3, -0.25) is 9.59 Å². The fourth-order valence-corrected chi connectivity index (χ4v) is 5.56. The number of fused-ring (bicyclic) bond motifs is 1. The van der Waals surface area contributed by atoms with Crippen molar-refractivity contribution in [3.8, 4) is 10.4 Å². The molecule has 5 N–H and O–H groups in total. The maximum absolute atomic E-state index is 13.3. The van der Waals surface area contributed by atoms with Crippen LogP contribution in [-0.4, -0.2) is 23.3 Å². The number of hydrogen-bond acceptors (Lipinski definition) is 4. The Balaban J connectivity index is 1.40. The van der Waals surface area contributed by atoms with E-state index in [2.05, 4.69) is 15.6 Å². The Labute approximate surface area is 225 Å². The summed E-state index contributed by atoms with van der Waals surface area (Å²) in [6, 6.07) is 29.3. The molecule has 6 nitrogen and oxygen atoms in total. The third kappa shape index (κ3) is 5.39. The van der Waals surface area contributed by atoms with E-state index >= 15 is 0 Å². The Kier molecular flexibility index (Phi) is 7.67. The zero-order chi connectivity index (χ0) is 26.5. The minimum absolute atomic E-state index is 0.107. The maximum atomic E-state index is 13.3. The van der Waals surface area contributed by atoms with Gasteiger partial charge in [0.2, 0.25) is 5.91 Å². The topological polar surface area (TPSA) is 100 Å². The molecule has 0 aliphatic carbocycles. The summed E-state index contributed by atoms with van der Waals surface area (Å²) in [6.07, 6.45) is 1.27. The van der Waals surface area contributed by atoms with Crippen LogP contribution in [-0.2, 0) is 11.2 Å². The number of H-pyrrole nitrogens is 1. The van der Waals surface area contributed by atoms with Crippen LogP contribution in [0.5, 0.6) is 0 Å². The number of aryl methyl sites for hydroxylation is 1. The van der Waals surface area contributed by atoms with E-state index in [4.69, 9.17) is 5.73 Å². The van der Waals surface area contributed by atoms with E-state index in [0.717, 1.165) is 44.7 Å². The molecule has 0 saturated heterocycles. The number of amides is 2. The molecule has 5 rings (SSSR count). The predicted octanol–water partition coefficient (Wildman–Crippen LogP) is 6.78. The lowest BCUT2D eigenvalue weighted by Crippen LogP contribution is -2.23. The van der Waals surface area contributed by atoms with Crippen molar-refractivity contribution in [3.05, 3.63) is 107 Å². The quantitative estimate of drug-likeness (QED) is 0.172. The first kappa shape index (κ1) is 25.4. The second-order valence-corrected chi connectivity index (χ2v) is 10.2. The van der Waals surface area contributed by atoms with Gasteiger partial charge in [-0.1, -0.05) is 67.6 Å². The van der Waals surface area contributed by atoms with Gasteiger partial charge >= 0.3 is 0 Å². The third-order valence-corrected chi connectivity index (χ3v) is 7.73. The van der Waals surface area contributed by atoms with Crippen LogP contribution in [0.1, 0.15) is 40.2 Å². The van der Waals surface area contributed by atoms with E-state index in [1.807, 2.05) is 97.9 Å². The molecule has 5 aromatic rings. The molecule has 1 unspecified atom stereocenters. The highest BCUT2D eigenvalue weighted by Gasteiger charge is 2.21. The molecule has 0 fully saturated rings. The molecule has 0 spiro atoms. The zero-order valence-electron chi connectivity index (χ0n) is 21.2. The zero-order valence-corrected chi connectivity index (χ0v) is 22.0. The summed E-state index contributed by atoms with van der Waals surface area (Å²) in [4.78, 5) is 31.6. The molecular formula is C31H30N4O2S. The van der Waals surface area contributed by atoms with Crippen LogP contribution < -0.4 is 16.4 Å². The number of benzene rings is 3. The fraction of sp³-hybridized carbons (Fsp3) is 0.161. The van der Waals surface area contributed by atoms with Gasteiger partial charge in [-0.2, -0.15) is 0 Å². The normalized spacial score (nSPS) is 11.8. The molecule has 7 heteroatoms. The molecule has 0 aliphatic heterocycles. The van der Waals surface area contributed by atoms with Gasteiger partial charge in [0.1, 0.15) is 0 Å². The lowest BCUT2D eigenvalue weighted by Gasteiger charge is -2.16. The number of thiophene rings is 1. The Morgan fingerprint density at radius 2 is 1.66 bits per heavy atom. The predicted molar refractivity (Wildman–Crippen MR) is 157 cm³/mol. The van der Waals surface area contributed by atoms with Gasteiger partial charge in [0, 0.05) is 27.2 Å². The first-order valence-corrected chi connectivity index (χ1v) is 13.6. The Hall–Kier alpha value is -4.20. The highest BCUT2D eigenvalue weighted by atomic mass is 32.1. The van der Waals surface area contributed by atoms with Crippen molar-refractivity contribution in [2.45, 2.75) is 25.7 Å². The van der Waals surface area contributed by atoms with Gasteiger partial charge in [-0.05, 0) is 60.8 Å². The largest absolute Gasteiger partial charge is 0.357 e. The van der Waals surface area contributed by atoms with Crippen molar-refractivity contribution in [1.29, 1.82) is 0 Å². The van der Waals surface area contributed by atoms with Gasteiger partial charge in [-0.25, -0.2) is 0 Å². The number of hydrogen-bond donors (Lipinski definition) is 4. The minimum Gasteiger partial charge on any atom is -0.357 e. The molecule has 0 aliphatic rings. The number of carbonyl (C=O) groups is 2. The minimum atomic E-state index is -0.342. The molecule has 2 heterocycles. The van der Waals surface area contributed by atoms with Gasteiger partial charge in [0.05, 0.1) is 16.5 Å². The average molecular weight is 523 g/mol. The average Bonchev–Trinajstić information content (AvgIpc) is 3.58. The number of rotatable bonds is 9. The summed E-state index contributed by atoms with van der Waals surface area (Å²) in [5, 5.41) is 7.04. The van der Waals surface area contributed by atoms with Crippen molar-refractivity contribution in [2.75, 3.05) is 17.2 Å². The summed E-state index contributed by atoms with van der Waals surface area (Å²) in [5.41, 5.74) is 11.1. The van der Waals surface area contributed by atoms with Crippen molar-refractivity contribution in [1.82, 2.24) is 4.98 Å². The number of anilines is 2. The van der Waals surface area contributed by atoms with E-state index in [1.54, 1.807) is 0 Å². The molecular weight excluding hydrogens is 492 g/mol. The second-order valence-electron chi connectivity index (χ2n) is 9.11. The number of aromatic nitrogens is 1. The van der Waals surface area contributed by atoms with Gasteiger partial charge in [0.15, 0.2) is 0 Å². The summed E-state index contributed by atoms with van der Waals surface area (Å²) in [6.45, 7) is 2.45. The van der Waals surface area contributed by atoms with Crippen LogP contribution >= 0.6 is 11.3 Å². The standard InChI is InChI=1S/C31H30N4O2S/c1-2-25-29(35-31(37)28-16-15-27(38-28)21-11-7-4-8-12-21)24-19-22(13-14-26(24)34-25)33-30(36)23(17-18-32)20-9-5-3-6-10-20/h3-16,19,23,34H,2,17-18,32H2,1H3,(H,33,36)(H,35,37). The second kappa shape index (κ2) is 11.5. The number of carbonyl (C=O) groups excluding carboxylic acids is 2. The number of nitrogens with one attached hydrogen (secondary N) is 3. The molecule has 0 bridgehead atoms. The van der Waals surface area contributed by atoms with Gasteiger partial charge in [-0.15, -0.1) is 11.3 Å². The smallest absolute Gasteiger partial charge is 0.265 e. The summed E-state index contributed by atoms with van der Waals surface area (Å²) in [5.74, 6) is -0.606. The van der Waals surface area contributed by atoms with Crippen LogP contribution in [0.15, 0.2) is 91.0 Å². The Morgan fingerprint density at radius 1 is 0.921 bits per heavy atom. The first-order valence-electron chi connectivity index (χ1n) is 12.7. The van der Waals surface area contributed by atoms with E-state index in [9.17, 15) is 9.59 Å². The van der Waals surface area contributed by atoms with Crippen LogP contribution in [0, 0.1) is 0 Å². The lowest BCUT2D eigenvalue weighted by atomic mass is 9.94. The molecule has 38 heavy (non-hydrogen) atoms. The Bertz CT molecular complexity index is 1560. The molecule has 0 saturated carbocycles. The molecule has 2 aromatic heterocycles.